The highest BCUT2D eigenvalue weighted by atomic mass is 16.5. The molecule has 1 fully saturated rings. The van der Waals surface area contributed by atoms with Gasteiger partial charge in [-0.15, -0.1) is 0 Å². The molecule has 1 aliphatic heterocycles. The molecule has 1 amide bonds. The number of nitrogens with zero attached hydrogens (tertiary/aromatic N) is 1. The van der Waals surface area contributed by atoms with Gasteiger partial charge in [-0.1, -0.05) is 0 Å². The van der Waals surface area contributed by atoms with E-state index in [4.69, 9.17) is 23.7 Å². The van der Waals surface area contributed by atoms with E-state index in [2.05, 4.69) is 0 Å². The number of likely N-dealkylation sites (tertiary alicyclic amines) is 1. The highest BCUT2D eigenvalue weighted by Gasteiger charge is 2.28. The summed E-state index contributed by atoms with van der Waals surface area (Å²) in [5, 5.41) is 0. The minimum Gasteiger partial charge on any atom is -0.493 e. The standard InChI is InChI=1S/C20H27NO8/c1-25-15-9-13(10-16(26-2)19(15)27-3)11-18(23)29-12-17(22)21-7-5-14(6-8-21)20(24)28-4/h9-10,14H,5-8,11-12H2,1-4H3. The maximum Gasteiger partial charge on any atom is 0.310 e. The van der Waals surface area contributed by atoms with E-state index in [1.54, 1.807) is 17.0 Å². The number of esters is 2. The van der Waals surface area contributed by atoms with E-state index in [9.17, 15) is 14.4 Å². The van der Waals surface area contributed by atoms with Crippen molar-refractivity contribution in [2.75, 3.05) is 48.1 Å². The zero-order valence-corrected chi connectivity index (χ0v) is 17.2. The third-order valence-corrected chi connectivity index (χ3v) is 4.81. The average Bonchev–Trinajstić information content (AvgIpc) is 2.76. The first kappa shape index (κ1) is 22.3. The third kappa shape index (κ3) is 5.75. The van der Waals surface area contributed by atoms with Crippen molar-refractivity contribution >= 4 is 17.8 Å². The van der Waals surface area contributed by atoms with E-state index >= 15 is 0 Å². The lowest BCUT2D eigenvalue weighted by atomic mass is 9.97. The molecule has 29 heavy (non-hydrogen) atoms. The second-order valence-corrected chi connectivity index (χ2v) is 6.55. The Morgan fingerprint density at radius 1 is 0.966 bits per heavy atom. The van der Waals surface area contributed by atoms with E-state index in [0.29, 0.717) is 48.7 Å². The van der Waals surface area contributed by atoms with Crippen molar-refractivity contribution in [1.82, 2.24) is 4.90 Å². The molecule has 0 bridgehead atoms. The lowest BCUT2D eigenvalue weighted by Gasteiger charge is -2.30. The van der Waals surface area contributed by atoms with Crippen LogP contribution in [0.5, 0.6) is 17.2 Å². The van der Waals surface area contributed by atoms with E-state index in [1.807, 2.05) is 0 Å². The largest absolute Gasteiger partial charge is 0.493 e. The molecule has 0 N–H and O–H groups in total. The summed E-state index contributed by atoms with van der Waals surface area (Å²) < 4.78 is 25.6. The Kier molecular flexibility index (Phi) is 8.11. The SMILES string of the molecule is COC(=O)C1CCN(C(=O)COC(=O)Cc2cc(OC)c(OC)c(OC)c2)CC1. The summed E-state index contributed by atoms with van der Waals surface area (Å²) in [7, 11) is 5.82. The number of rotatable bonds is 8. The molecule has 1 aromatic carbocycles. The van der Waals surface area contributed by atoms with E-state index in [-0.39, 0.29) is 30.8 Å². The van der Waals surface area contributed by atoms with Gasteiger partial charge >= 0.3 is 11.9 Å². The van der Waals surface area contributed by atoms with Gasteiger partial charge in [0.2, 0.25) is 5.75 Å². The van der Waals surface area contributed by atoms with Crippen LogP contribution in [-0.2, 0) is 30.3 Å². The quantitative estimate of drug-likeness (QED) is 0.591. The number of hydrogen-bond acceptors (Lipinski definition) is 8. The summed E-state index contributed by atoms with van der Waals surface area (Å²) in [5.41, 5.74) is 0.607. The molecular formula is C20H27NO8. The molecule has 1 saturated heterocycles. The second-order valence-electron chi connectivity index (χ2n) is 6.55. The van der Waals surface area contributed by atoms with Gasteiger partial charge in [-0.2, -0.15) is 0 Å². The normalized spacial score (nSPS) is 14.1. The first-order valence-corrected chi connectivity index (χ1v) is 9.23. The molecule has 0 aromatic heterocycles. The molecule has 0 unspecified atom stereocenters. The maximum absolute atomic E-state index is 12.3. The predicted octanol–water partition coefficient (Wildman–Crippen LogP) is 1.21. The van der Waals surface area contributed by atoms with Crippen molar-refractivity contribution in [2.45, 2.75) is 19.3 Å². The Morgan fingerprint density at radius 3 is 2.03 bits per heavy atom. The number of hydrogen-bond donors (Lipinski definition) is 0. The number of amides is 1. The summed E-state index contributed by atoms with van der Waals surface area (Å²) in [6.07, 6.45) is 1.03. The van der Waals surface area contributed by atoms with Crippen molar-refractivity contribution in [3.8, 4) is 17.2 Å². The summed E-state index contributed by atoms with van der Waals surface area (Å²) in [5.74, 6) is 0.0141. The monoisotopic (exact) mass is 409 g/mol. The van der Waals surface area contributed by atoms with E-state index in [1.165, 1.54) is 28.4 Å². The summed E-state index contributed by atoms with van der Waals surface area (Å²) in [6.45, 7) is 0.526. The first-order valence-electron chi connectivity index (χ1n) is 9.23. The van der Waals surface area contributed by atoms with Gasteiger partial charge in [0.25, 0.3) is 5.91 Å². The van der Waals surface area contributed by atoms with Crippen LogP contribution in [-0.4, -0.2) is 70.9 Å². The van der Waals surface area contributed by atoms with Crippen molar-refractivity contribution in [2.24, 2.45) is 5.92 Å². The third-order valence-electron chi connectivity index (χ3n) is 4.81. The fourth-order valence-electron chi connectivity index (χ4n) is 3.22. The number of piperidine rings is 1. The number of ether oxygens (including phenoxy) is 5. The van der Waals surface area contributed by atoms with Crippen LogP contribution in [0.1, 0.15) is 18.4 Å². The molecule has 160 valence electrons. The van der Waals surface area contributed by atoms with Gasteiger partial charge in [-0.05, 0) is 30.5 Å². The lowest BCUT2D eigenvalue weighted by Crippen LogP contribution is -2.42. The smallest absolute Gasteiger partial charge is 0.310 e. The lowest BCUT2D eigenvalue weighted by molar-refractivity contribution is -0.153. The Labute approximate surface area is 169 Å². The van der Waals surface area contributed by atoms with Crippen LogP contribution >= 0.6 is 0 Å². The summed E-state index contributed by atoms with van der Waals surface area (Å²) in [6, 6.07) is 3.31. The van der Waals surface area contributed by atoms with Crippen molar-refractivity contribution in [3.05, 3.63) is 17.7 Å². The first-order chi connectivity index (χ1) is 13.9. The van der Waals surface area contributed by atoms with Crippen LogP contribution in [0.25, 0.3) is 0 Å². The van der Waals surface area contributed by atoms with Crippen LogP contribution < -0.4 is 14.2 Å². The van der Waals surface area contributed by atoms with Gasteiger partial charge < -0.3 is 28.6 Å². The second kappa shape index (κ2) is 10.5. The zero-order valence-electron chi connectivity index (χ0n) is 17.2. The van der Waals surface area contributed by atoms with Crippen molar-refractivity contribution in [3.63, 3.8) is 0 Å². The molecule has 9 heteroatoms. The minimum atomic E-state index is -0.544. The molecule has 9 nitrogen and oxygen atoms in total. The van der Waals surface area contributed by atoms with E-state index < -0.39 is 5.97 Å². The Morgan fingerprint density at radius 2 is 1.55 bits per heavy atom. The molecule has 0 radical (unpaired) electrons. The van der Waals surface area contributed by atoms with Gasteiger partial charge in [0.05, 0.1) is 40.8 Å². The minimum absolute atomic E-state index is 0.0472. The summed E-state index contributed by atoms with van der Waals surface area (Å²) in [4.78, 5) is 37.6. The zero-order chi connectivity index (χ0) is 21.4. The molecule has 1 heterocycles. The highest BCUT2D eigenvalue weighted by Crippen LogP contribution is 2.38. The maximum atomic E-state index is 12.3. The van der Waals surface area contributed by atoms with E-state index in [0.717, 1.165) is 0 Å². The topological polar surface area (TPSA) is 101 Å². The number of carbonyl (C=O) groups excluding carboxylic acids is 3. The van der Waals surface area contributed by atoms with Crippen LogP contribution in [0.15, 0.2) is 12.1 Å². The van der Waals surface area contributed by atoms with Crippen LogP contribution in [0.3, 0.4) is 0 Å². The molecule has 2 rings (SSSR count). The predicted molar refractivity (Wildman–Crippen MR) is 102 cm³/mol. The van der Waals surface area contributed by atoms with Gasteiger partial charge in [-0.25, -0.2) is 0 Å². The number of methoxy groups -OCH3 is 4. The Hall–Kier alpha value is -2.97. The molecule has 0 atom stereocenters. The fourth-order valence-corrected chi connectivity index (χ4v) is 3.22. The van der Waals surface area contributed by atoms with Gasteiger partial charge in [-0.3, -0.25) is 14.4 Å². The fraction of sp³-hybridized carbons (Fsp3) is 0.550. The molecule has 1 aliphatic rings. The van der Waals surface area contributed by atoms with Gasteiger partial charge in [0.1, 0.15) is 0 Å². The number of benzene rings is 1. The number of carbonyl (C=O) groups is 3. The molecule has 1 aromatic rings. The molecule has 0 spiro atoms. The van der Waals surface area contributed by atoms with Gasteiger partial charge in [0, 0.05) is 13.1 Å². The highest BCUT2D eigenvalue weighted by molar-refractivity contribution is 5.82. The van der Waals surface area contributed by atoms with Gasteiger partial charge in [0.15, 0.2) is 18.1 Å². The Bertz CT molecular complexity index is 715. The molecular weight excluding hydrogens is 382 g/mol. The van der Waals surface area contributed by atoms with Crippen LogP contribution in [0.2, 0.25) is 0 Å². The molecule has 0 aliphatic carbocycles. The van der Waals surface area contributed by atoms with Crippen LogP contribution in [0.4, 0.5) is 0 Å². The van der Waals surface area contributed by atoms with Crippen LogP contribution in [0, 0.1) is 5.92 Å². The van der Waals surface area contributed by atoms with Crippen molar-refractivity contribution in [1.29, 1.82) is 0 Å². The van der Waals surface area contributed by atoms with Crippen molar-refractivity contribution < 1.29 is 38.1 Å². The average molecular weight is 409 g/mol. The summed E-state index contributed by atoms with van der Waals surface area (Å²) >= 11 is 0. The Balaban J connectivity index is 1.87. The molecule has 0 saturated carbocycles.